The van der Waals surface area contributed by atoms with E-state index in [4.69, 9.17) is 0 Å². The van der Waals surface area contributed by atoms with Crippen LogP contribution in [0.25, 0.3) is 0 Å². The van der Waals surface area contributed by atoms with Crippen LogP contribution in [0.1, 0.15) is 0 Å². The minimum atomic E-state index is -0.587. The van der Waals surface area contributed by atoms with Gasteiger partial charge in [0.05, 0.1) is 12.5 Å². The first-order valence-electron chi connectivity index (χ1n) is 3.27. The van der Waals surface area contributed by atoms with E-state index in [9.17, 15) is 8.78 Å². The maximum Gasteiger partial charge on any atom is 0.213 e. The van der Waals surface area contributed by atoms with E-state index in [1.807, 2.05) is 0 Å². The molecule has 3 nitrogen and oxygen atoms in total. The molecular weight excluding hydrogens is 152 g/mol. The van der Waals surface area contributed by atoms with Crippen LogP contribution in [0.3, 0.4) is 0 Å². The first kappa shape index (κ1) is 8.13. The molecule has 5 heteroatoms. The van der Waals surface area contributed by atoms with Crippen LogP contribution in [0, 0.1) is 5.95 Å². The van der Waals surface area contributed by atoms with E-state index in [0.29, 0.717) is 13.1 Å². The van der Waals surface area contributed by atoms with Gasteiger partial charge in [-0.2, -0.15) is 4.39 Å². The summed E-state index contributed by atoms with van der Waals surface area (Å²) in [4.78, 5) is 3.57. The molecule has 0 aliphatic rings. The second kappa shape index (κ2) is 4.02. The predicted octanol–water partition coefficient (Wildman–Crippen LogP) is 0.539. The van der Waals surface area contributed by atoms with Crippen molar-refractivity contribution in [2.45, 2.75) is 6.54 Å². The van der Waals surface area contributed by atoms with Gasteiger partial charge in [0, 0.05) is 13.1 Å². The molecule has 0 radical (unpaired) electrons. The maximum atomic E-state index is 12.6. The number of nitrogens with one attached hydrogen (secondary N) is 1. The molecule has 0 spiro atoms. The molecule has 0 aliphatic heterocycles. The number of alkyl halides is 1. The van der Waals surface area contributed by atoms with E-state index in [0.717, 1.165) is 6.20 Å². The van der Waals surface area contributed by atoms with Gasteiger partial charge in [-0.05, 0) is 0 Å². The molecule has 1 aromatic heterocycles. The minimum Gasteiger partial charge on any atom is -0.306 e. The average Bonchev–Trinajstić information content (AvgIpc) is 2.37. The Bertz CT molecular complexity index is 211. The molecule has 1 N–H and O–H groups in total. The molecule has 0 atom stereocenters. The number of rotatable bonds is 4. The monoisotopic (exact) mass is 161 g/mol. The van der Waals surface area contributed by atoms with Crippen LogP contribution < -0.4 is 5.32 Å². The van der Waals surface area contributed by atoms with Crippen LogP contribution in [-0.2, 0) is 6.54 Å². The van der Waals surface area contributed by atoms with E-state index in [2.05, 4.69) is 10.3 Å². The Kier molecular flexibility index (Phi) is 2.97. The van der Waals surface area contributed by atoms with Crippen LogP contribution >= 0.6 is 0 Å². The third-order valence-electron chi connectivity index (χ3n) is 1.29. The number of hydrogen-bond acceptors (Lipinski definition) is 2. The Hall–Kier alpha value is -0.970. The van der Waals surface area contributed by atoms with Gasteiger partial charge in [0.1, 0.15) is 6.80 Å². The summed E-state index contributed by atoms with van der Waals surface area (Å²) in [6, 6.07) is 0. The Morgan fingerprint density at radius 1 is 1.64 bits per heavy atom. The third-order valence-corrected chi connectivity index (χ3v) is 1.29. The smallest absolute Gasteiger partial charge is 0.213 e. The molecule has 0 amide bonds. The first-order chi connectivity index (χ1) is 5.34. The molecule has 1 aromatic rings. The van der Waals surface area contributed by atoms with Crippen LogP contribution in [0.2, 0.25) is 0 Å². The molecule has 1 rings (SSSR count). The Morgan fingerprint density at radius 2 is 2.45 bits per heavy atom. The number of nitrogens with zero attached hydrogens (tertiary/aromatic N) is 2. The lowest BCUT2D eigenvalue weighted by atomic mass is 10.6. The zero-order valence-corrected chi connectivity index (χ0v) is 5.93. The van der Waals surface area contributed by atoms with Crippen molar-refractivity contribution in [2.24, 2.45) is 0 Å². The quantitative estimate of drug-likeness (QED) is 0.516. The van der Waals surface area contributed by atoms with Gasteiger partial charge in [-0.25, -0.2) is 9.37 Å². The number of aromatic nitrogens is 2. The summed E-state index contributed by atoms with van der Waals surface area (Å²) in [5, 5.41) is 2.43. The molecule has 0 aliphatic carbocycles. The lowest BCUT2D eigenvalue weighted by Crippen LogP contribution is -2.18. The minimum absolute atomic E-state index is 0.398. The van der Waals surface area contributed by atoms with Gasteiger partial charge in [0.25, 0.3) is 0 Å². The van der Waals surface area contributed by atoms with Crippen molar-refractivity contribution in [3.8, 4) is 0 Å². The van der Waals surface area contributed by atoms with E-state index in [1.165, 1.54) is 10.9 Å². The summed E-state index contributed by atoms with van der Waals surface area (Å²) >= 11 is 0. The normalized spacial score (nSPS) is 10.4. The lowest BCUT2D eigenvalue weighted by Gasteiger charge is -2.01. The van der Waals surface area contributed by atoms with Crippen LogP contribution in [-0.4, -0.2) is 22.9 Å². The SMILES string of the molecule is FCNCCn1cncc1F. The Labute approximate surface area is 63.0 Å². The fourth-order valence-electron chi connectivity index (χ4n) is 0.735. The predicted molar refractivity (Wildman–Crippen MR) is 36.2 cm³/mol. The van der Waals surface area contributed by atoms with E-state index in [-0.39, 0.29) is 0 Å². The van der Waals surface area contributed by atoms with Crippen molar-refractivity contribution in [1.82, 2.24) is 14.9 Å². The van der Waals surface area contributed by atoms with Crippen molar-refractivity contribution in [1.29, 1.82) is 0 Å². The second-order valence-corrected chi connectivity index (χ2v) is 2.04. The summed E-state index contributed by atoms with van der Waals surface area (Å²) in [6.07, 6.45) is 2.49. The van der Waals surface area contributed by atoms with Crippen LogP contribution in [0.15, 0.2) is 12.5 Å². The summed E-state index contributed by atoms with van der Waals surface area (Å²) < 4.78 is 25.4. The molecule has 1 heterocycles. The molecule has 0 bridgehead atoms. The zero-order chi connectivity index (χ0) is 8.10. The Morgan fingerprint density at radius 3 is 3.00 bits per heavy atom. The summed E-state index contributed by atoms with van der Waals surface area (Å²) in [5.41, 5.74) is 0. The number of imidazole rings is 1. The topological polar surface area (TPSA) is 29.9 Å². The van der Waals surface area contributed by atoms with Crippen molar-refractivity contribution >= 4 is 0 Å². The number of halogens is 2. The average molecular weight is 161 g/mol. The van der Waals surface area contributed by atoms with Gasteiger partial charge < -0.3 is 4.57 Å². The highest BCUT2D eigenvalue weighted by atomic mass is 19.1. The standard InChI is InChI=1S/C6H9F2N3/c7-4-9-1-2-11-5-10-3-6(11)8/h3,5,9H,1-2,4H2. The Balaban J connectivity index is 2.32. The van der Waals surface area contributed by atoms with Crippen molar-refractivity contribution in [2.75, 3.05) is 13.3 Å². The fourth-order valence-corrected chi connectivity index (χ4v) is 0.735. The molecule has 0 unspecified atom stereocenters. The van der Waals surface area contributed by atoms with Gasteiger partial charge in [0.15, 0.2) is 0 Å². The summed E-state index contributed by atoms with van der Waals surface area (Å²) in [7, 11) is 0. The summed E-state index contributed by atoms with van der Waals surface area (Å²) in [6.45, 7) is 0.218. The van der Waals surface area contributed by atoms with E-state index in [1.54, 1.807) is 0 Å². The number of hydrogen-bond donors (Lipinski definition) is 1. The van der Waals surface area contributed by atoms with Gasteiger partial charge in [-0.3, -0.25) is 5.32 Å². The van der Waals surface area contributed by atoms with Crippen LogP contribution in [0.5, 0.6) is 0 Å². The lowest BCUT2D eigenvalue weighted by molar-refractivity contribution is 0.404. The van der Waals surface area contributed by atoms with Gasteiger partial charge in [-0.15, -0.1) is 0 Å². The van der Waals surface area contributed by atoms with Gasteiger partial charge in [0.2, 0.25) is 5.95 Å². The third kappa shape index (κ3) is 2.27. The van der Waals surface area contributed by atoms with E-state index >= 15 is 0 Å². The van der Waals surface area contributed by atoms with Crippen LogP contribution in [0.4, 0.5) is 8.78 Å². The molecule has 0 fully saturated rings. The van der Waals surface area contributed by atoms with Gasteiger partial charge in [-0.1, -0.05) is 0 Å². The van der Waals surface area contributed by atoms with Crippen molar-refractivity contribution < 1.29 is 8.78 Å². The zero-order valence-electron chi connectivity index (χ0n) is 5.93. The molecule has 0 saturated carbocycles. The van der Waals surface area contributed by atoms with Crippen molar-refractivity contribution in [3.63, 3.8) is 0 Å². The first-order valence-corrected chi connectivity index (χ1v) is 3.27. The molecule has 11 heavy (non-hydrogen) atoms. The second-order valence-electron chi connectivity index (χ2n) is 2.04. The molecule has 62 valence electrons. The van der Waals surface area contributed by atoms with Crippen molar-refractivity contribution in [3.05, 3.63) is 18.5 Å². The highest BCUT2D eigenvalue weighted by Gasteiger charge is 1.97. The molecular formula is C6H9F2N3. The van der Waals surface area contributed by atoms with Gasteiger partial charge >= 0.3 is 0 Å². The summed E-state index contributed by atoms with van der Waals surface area (Å²) in [5.74, 6) is -0.398. The fraction of sp³-hybridized carbons (Fsp3) is 0.500. The largest absolute Gasteiger partial charge is 0.306 e. The van der Waals surface area contributed by atoms with E-state index < -0.39 is 12.7 Å². The maximum absolute atomic E-state index is 12.6. The molecule has 0 aromatic carbocycles. The molecule has 0 saturated heterocycles. The highest BCUT2D eigenvalue weighted by molar-refractivity contribution is 4.79. The highest BCUT2D eigenvalue weighted by Crippen LogP contribution is 1.93.